The molecule has 0 bridgehead atoms. The number of rotatable bonds is 5. The van der Waals surface area contributed by atoms with E-state index in [0.29, 0.717) is 10.8 Å². The quantitative estimate of drug-likeness (QED) is 0.476. The Morgan fingerprint density at radius 2 is 1.73 bits per heavy atom. The van der Waals surface area contributed by atoms with Gasteiger partial charge < -0.3 is 5.11 Å². The Kier molecular flexibility index (Phi) is 5.94. The summed E-state index contributed by atoms with van der Waals surface area (Å²) in [5, 5.41) is 11.0. The summed E-state index contributed by atoms with van der Waals surface area (Å²) in [5.74, 6) is 6.48. The van der Waals surface area contributed by atoms with Gasteiger partial charge in [-0.2, -0.15) is 0 Å². The van der Waals surface area contributed by atoms with Crippen LogP contribution in [0.5, 0.6) is 0 Å². The van der Waals surface area contributed by atoms with E-state index in [9.17, 15) is 5.11 Å². The molecule has 0 aromatic rings. The maximum absolute atomic E-state index is 11.0. The molecule has 0 aliphatic heterocycles. The van der Waals surface area contributed by atoms with Gasteiger partial charge in [-0.15, -0.1) is 0 Å². The molecule has 0 radical (unpaired) electrons. The first-order chi connectivity index (χ1) is 14.0. The fraction of sp³-hybridized carbons (Fsp3) is 0.931. The van der Waals surface area contributed by atoms with Crippen LogP contribution in [0.4, 0.5) is 0 Å². The van der Waals surface area contributed by atoms with Gasteiger partial charge in [0.15, 0.2) is 0 Å². The van der Waals surface area contributed by atoms with E-state index in [1.54, 1.807) is 0 Å². The van der Waals surface area contributed by atoms with Gasteiger partial charge >= 0.3 is 0 Å². The third kappa shape index (κ3) is 3.40. The summed E-state index contributed by atoms with van der Waals surface area (Å²) < 4.78 is 0. The molecule has 0 saturated heterocycles. The van der Waals surface area contributed by atoms with Gasteiger partial charge in [-0.05, 0) is 123 Å². The Morgan fingerprint density at radius 1 is 1.00 bits per heavy atom. The van der Waals surface area contributed by atoms with E-state index < -0.39 is 0 Å². The Hall–Kier alpha value is -0.460. The molecule has 3 fully saturated rings. The minimum absolute atomic E-state index is 0.0769. The number of hydrogen-bond acceptors (Lipinski definition) is 1. The van der Waals surface area contributed by atoms with Crippen LogP contribution in [-0.4, -0.2) is 5.11 Å². The zero-order valence-corrected chi connectivity index (χ0v) is 21.1. The molecule has 1 heteroatoms. The molecule has 3 saturated carbocycles. The molecule has 0 aromatic heterocycles. The van der Waals surface area contributed by atoms with Crippen molar-refractivity contribution in [1.29, 1.82) is 0 Å². The number of aliphatic hydroxyl groups excluding tert-OH is 1. The number of fused-ring (bicyclic) bond motifs is 5. The van der Waals surface area contributed by atoms with E-state index in [2.05, 4.69) is 54.5 Å². The third-order valence-electron chi connectivity index (χ3n) is 11.9. The van der Waals surface area contributed by atoms with E-state index in [1.807, 2.05) is 0 Å². The standard InChI is InChI=1S/C29H50O/c1-19(2)27(4,5)17-15-20(3)23-13-14-24-22-12-11-21-9-8-10-26(30)29(21,7)25(22)16-18-28(23,24)6/h10,19-25,30H,8-9,11-18H2,1-7H3/t20-,21?,22+,23-,24+,25+,28-,29+/m1/s1. The minimum atomic E-state index is 0.0769. The summed E-state index contributed by atoms with van der Waals surface area (Å²) >= 11 is 0. The molecule has 8 atom stereocenters. The molecule has 0 heterocycles. The summed E-state index contributed by atoms with van der Waals surface area (Å²) in [6.07, 6.45) is 15.8. The lowest BCUT2D eigenvalue weighted by Crippen LogP contribution is -2.53. The van der Waals surface area contributed by atoms with Gasteiger partial charge in [0.05, 0.1) is 5.76 Å². The van der Waals surface area contributed by atoms with Crippen molar-refractivity contribution in [1.82, 2.24) is 0 Å². The molecule has 0 aromatic carbocycles. The highest BCUT2D eigenvalue weighted by atomic mass is 16.3. The Bertz CT molecular complexity index is 659. The second-order valence-electron chi connectivity index (χ2n) is 13.5. The van der Waals surface area contributed by atoms with Gasteiger partial charge in [0.2, 0.25) is 0 Å². The van der Waals surface area contributed by atoms with E-state index in [1.165, 1.54) is 57.8 Å². The topological polar surface area (TPSA) is 20.2 Å². The predicted octanol–water partition coefficient (Wildman–Crippen LogP) is 8.80. The molecule has 172 valence electrons. The molecule has 4 aliphatic rings. The highest BCUT2D eigenvalue weighted by Gasteiger charge is 2.61. The lowest BCUT2D eigenvalue weighted by molar-refractivity contribution is -0.103. The van der Waals surface area contributed by atoms with Crippen LogP contribution in [-0.2, 0) is 0 Å². The van der Waals surface area contributed by atoms with Gasteiger partial charge in [-0.3, -0.25) is 0 Å². The molecule has 4 rings (SSSR count). The van der Waals surface area contributed by atoms with Crippen LogP contribution in [0.15, 0.2) is 11.8 Å². The summed E-state index contributed by atoms with van der Waals surface area (Å²) in [5.41, 5.74) is 1.08. The van der Waals surface area contributed by atoms with Crippen molar-refractivity contribution < 1.29 is 5.11 Å². The lowest BCUT2D eigenvalue weighted by atomic mass is 9.45. The Labute approximate surface area is 187 Å². The van der Waals surface area contributed by atoms with Crippen molar-refractivity contribution in [3.8, 4) is 0 Å². The second-order valence-corrected chi connectivity index (χ2v) is 13.5. The van der Waals surface area contributed by atoms with Crippen molar-refractivity contribution in [2.75, 3.05) is 0 Å². The smallest absolute Gasteiger partial charge is 0.0947 e. The zero-order valence-electron chi connectivity index (χ0n) is 21.1. The highest BCUT2D eigenvalue weighted by molar-refractivity contribution is 5.19. The Morgan fingerprint density at radius 3 is 2.43 bits per heavy atom. The SMILES string of the molecule is CC(C)C(C)(C)CC[C@@H](C)[C@H]1CC[C@H]2[C@@H]3CCC4CCC=C(O)[C@]4(C)[C@H]3CC[C@]12C. The molecular weight excluding hydrogens is 364 g/mol. The van der Waals surface area contributed by atoms with Gasteiger partial charge in [-0.1, -0.05) is 48.5 Å². The maximum Gasteiger partial charge on any atom is 0.0947 e. The summed E-state index contributed by atoms with van der Waals surface area (Å²) in [4.78, 5) is 0. The van der Waals surface area contributed by atoms with Crippen molar-refractivity contribution in [2.45, 2.75) is 113 Å². The molecular formula is C29H50O. The van der Waals surface area contributed by atoms with Gasteiger partial charge in [0, 0.05) is 5.41 Å². The molecule has 1 N–H and O–H groups in total. The summed E-state index contributed by atoms with van der Waals surface area (Å²) in [6.45, 7) is 17.4. The van der Waals surface area contributed by atoms with Crippen LogP contribution in [0.25, 0.3) is 0 Å². The van der Waals surface area contributed by atoms with Gasteiger partial charge in [-0.25, -0.2) is 0 Å². The number of hydrogen-bond donors (Lipinski definition) is 1. The van der Waals surface area contributed by atoms with Gasteiger partial charge in [0.25, 0.3) is 0 Å². The van der Waals surface area contributed by atoms with Crippen LogP contribution in [0.1, 0.15) is 113 Å². The Balaban J connectivity index is 1.50. The second kappa shape index (κ2) is 7.84. The average Bonchev–Trinajstić information content (AvgIpc) is 3.04. The van der Waals surface area contributed by atoms with Gasteiger partial charge in [0.1, 0.15) is 0 Å². The predicted molar refractivity (Wildman–Crippen MR) is 128 cm³/mol. The molecule has 0 amide bonds. The van der Waals surface area contributed by atoms with Crippen LogP contribution in [0.2, 0.25) is 0 Å². The van der Waals surface area contributed by atoms with Crippen molar-refractivity contribution in [2.24, 2.45) is 57.7 Å². The normalized spacial score (nSPS) is 44.8. The third-order valence-corrected chi connectivity index (χ3v) is 11.9. The fourth-order valence-corrected chi connectivity index (χ4v) is 8.98. The van der Waals surface area contributed by atoms with Crippen molar-refractivity contribution in [3.63, 3.8) is 0 Å². The minimum Gasteiger partial charge on any atom is -0.512 e. The van der Waals surface area contributed by atoms with Crippen molar-refractivity contribution in [3.05, 3.63) is 11.8 Å². The number of allylic oxidation sites excluding steroid dienone is 2. The molecule has 4 aliphatic carbocycles. The van der Waals surface area contributed by atoms with Crippen LogP contribution in [0.3, 0.4) is 0 Å². The molecule has 30 heavy (non-hydrogen) atoms. The lowest BCUT2D eigenvalue weighted by Gasteiger charge is -2.60. The highest BCUT2D eigenvalue weighted by Crippen LogP contribution is 2.68. The first kappa shape index (κ1) is 22.7. The summed E-state index contributed by atoms with van der Waals surface area (Å²) in [6, 6.07) is 0. The first-order valence-corrected chi connectivity index (χ1v) is 13.4. The molecule has 1 unspecified atom stereocenters. The monoisotopic (exact) mass is 414 g/mol. The van der Waals surface area contributed by atoms with E-state index in [0.717, 1.165) is 53.6 Å². The van der Waals surface area contributed by atoms with E-state index in [4.69, 9.17) is 0 Å². The van der Waals surface area contributed by atoms with E-state index in [-0.39, 0.29) is 5.41 Å². The average molecular weight is 415 g/mol. The van der Waals surface area contributed by atoms with Crippen LogP contribution >= 0.6 is 0 Å². The summed E-state index contributed by atoms with van der Waals surface area (Å²) in [7, 11) is 0. The van der Waals surface area contributed by atoms with Crippen LogP contribution in [0, 0.1) is 57.7 Å². The molecule has 1 nitrogen and oxygen atoms in total. The fourth-order valence-electron chi connectivity index (χ4n) is 8.98. The van der Waals surface area contributed by atoms with Crippen LogP contribution < -0.4 is 0 Å². The van der Waals surface area contributed by atoms with E-state index >= 15 is 0 Å². The zero-order chi connectivity index (χ0) is 21.9. The van der Waals surface area contributed by atoms with Crippen molar-refractivity contribution >= 4 is 0 Å². The number of aliphatic hydroxyl groups is 1. The first-order valence-electron chi connectivity index (χ1n) is 13.4. The molecule has 0 spiro atoms. The maximum atomic E-state index is 11.0. The largest absolute Gasteiger partial charge is 0.512 e.